The van der Waals surface area contributed by atoms with Gasteiger partial charge in [0.2, 0.25) is 0 Å². The van der Waals surface area contributed by atoms with Gasteiger partial charge in [-0.15, -0.1) is 0 Å². The molecule has 4 heteroatoms. The predicted octanol–water partition coefficient (Wildman–Crippen LogP) is 1.78. The zero-order chi connectivity index (χ0) is 11.9. The van der Waals surface area contributed by atoms with Crippen molar-refractivity contribution in [3.63, 3.8) is 0 Å². The minimum absolute atomic E-state index is 0.795. The summed E-state index contributed by atoms with van der Waals surface area (Å²) < 4.78 is 0. The topological polar surface area (TPSA) is 66.7 Å². The number of rotatable bonds is 7. The molecule has 0 fully saturated rings. The standard InChI is InChI=1S/C13H20N4/c14-8-4-1-5-9-15-10-13-16-11-6-2-3-7-12(11)17-13/h2-3,6-7,15H,1,4-5,8-10,14H2,(H,16,17). The first kappa shape index (κ1) is 12.1. The number of para-hydroxylation sites is 2. The van der Waals surface area contributed by atoms with E-state index in [2.05, 4.69) is 15.3 Å². The lowest BCUT2D eigenvalue weighted by molar-refractivity contribution is 0.597. The molecule has 0 saturated heterocycles. The van der Waals surface area contributed by atoms with Crippen molar-refractivity contribution in [3.05, 3.63) is 30.1 Å². The summed E-state index contributed by atoms with van der Waals surface area (Å²) in [6, 6.07) is 8.10. The first-order valence-electron chi connectivity index (χ1n) is 6.24. The van der Waals surface area contributed by atoms with Crippen molar-refractivity contribution in [1.29, 1.82) is 0 Å². The van der Waals surface area contributed by atoms with Crippen molar-refractivity contribution in [2.75, 3.05) is 13.1 Å². The summed E-state index contributed by atoms with van der Waals surface area (Å²) >= 11 is 0. The first-order chi connectivity index (χ1) is 8.40. The van der Waals surface area contributed by atoms with Crippen LogP contribution in [0.2, 0.25) is 0 Å². The summed E-state index contributed by atoms with van der Waals surface area (Å²) in [4.78, 5) is 7.81. The summed E-state index contributed by atoms with van der Waals surface area (Å²) in [6.07, 6.45) is 3.49. The van der Waals surface area contributed by atoms with Gasteiger partial charge in [-0.05, 0) is 38.1 Å². The number of nitrogens with zero attached hydrogens (tertiary/aromatic N) is 1. The second-order valence-electron chi connectivity index (χ2n) is 4.23. The van der Waals surface area contributed by atoms with Crippen LogP contribution in [0, 0.1) is 0 Å². The minimum Gasteiger partial charge on any atom is -0.341 e. The highest BCUT2D eigenvalue weighted by atomic mass is 15.0. The molecule has 0 amide bonds. The van der Waals surface area contributed by atoms with E-state index in [1.165, 1.54) is 12.8 Å². The van der Waals surface area contributed by atoms with Gasteiger partial charge >= 0.3 is 0 Å². The average Bonchev–Trinajstić information content (AvgIpc) is 2.76. The number of H-pyrrole nitrogens is 1. The number of hydrogen-bond acceptors (Lipinski definition) is 3. The summed E-state index contributed by atoms with van der Waals surface area (Å²) in [5, 5.41) is 3.39. The maximum atomic E-state index is 5.44. The van der Waals surface area contributed by atoms with E-state index in [4.69, 9.17) is 5.73 Å². The van der Waals surface area contributed by atoms with Crippen molar-refractivity contribution < 1.29 is 0 Å². The fourth-order valence-electron chi connectivity index (χ4n) is 1.87. The van der Waals surface area contributed by atoms with E-state index < -0.39 is 0 Å². The maximum absolute atomic E-state index is 5.44. The Kier molecular flexibility index (Phi) is 4.53. The monoisotopic (exact) mass is 232 g/mol. The fraction of sp³-hybridized carbons (Fsp3) is 0.462. The van der Waals surface area contributed by atoms with Gasteiger partial charge in [-0.1, -0.05) is 18.6 Å². The number of nitrogens with one attached hydrogen (secondary N) is 2. The van der Waals surface area contributed by atoms with Crippen LogP contribution in [-0.4, -0.2) is 23.1 Å². The number of nitrogens with two attached hydrogens (primary N) is 1. The molecule has 2 aromatic rings. The lowest BCUT2D eigenvalue weighted by Gasteiger charge is -2.01. The molecule has 0 aliphatic rings. The Morgan fingerprint density at radius 1 is 1.18 bits per heavy atom. The molecule has 1 heterocycles. The van der Waals surface area contributed by atoms with E-state index in [9.17, 15) is 0 Å². The predicted molar refractivity (Wildman–Crippen MR) is 70.7 cm³/mol. The van der Waals surface area contributed by atoms with Crippen molar-refractivity contribution >= 4 is 11.0 Å². The van der Waals surface area contributed by atoms with Crippen molar-refractivity contribution in [2.24, 2.45) is 5.73 Å². The van der Waals surface area contributed by atoms with Crippen LogP contribution in [0.3, 0.4) is 0 Å². The normalized spacial score (nSPS) is 11.1. The molecule has 0 bridgehead atoms. The number of aromatic amines is 1. The van der Waals surface area contributed by atoms with E-state index in [1.54, 1.807) is 0 Å². The highest BCUT2D eigenvalue weighted by Crippen LogP contribution is 2.09. The van der Waals surface area contributed by atoms with Gasteiger partial charge in [-0.2, -0.15) is 0 Å². The third kappa shape index (κ3) is 3.54. The molecule has 0 aliphatic heterocycles. The third-order valence-corrected chi connectivity index (χ3v) is 2.79. The Bertz CT molecular complexity index is 416. The first-order valence-corrected chi connectivity index (χ1v) is 6.24. The van der Waals surface area contributed by atoms with Crippen LogP contribution in [0.5, 0.6) is 0 Å². The van der Waals surface area contributed by atoms with Gasteiger partial charge in [-0.25, -0.2) is 4.98 Å². The van der Waals surface area contributed by atoms with Crippen LogP contribution < -0.4 is 11.1 Å². The Morgan fingerprint density at radius 3 is 2.88 bits per heavy atom. The second kappa shape index (κ2) is 6.37. The van der Waals surface area contributed by atoms with Gasteiger partial charge in [0.15, 0.2) is 0 Å². The fourth-order valence-corrected chi connectivity index (χ4v) is 1.87. The van der Waals surface area contributed by atoms with Crippen LogP contribution in [0.1, 0.15) is 25.1 Å². The maximum Gasteiger partial charge on any atom is 0.121 e. The van der Waals surface area contributed by atoms with Gasteiger partial charge in [0.25, 0.3) is 0 Å². The second-order valence-corrected chi connectivity index (χ2v) is 4.23. The molecule has 2 rings (SSSR count). The Hall–Kier alpha value is -1.39. The van der Waals surface area contributed by atoms with E-state index in [1.807, 2.05) is 24.3 Å². The van der Waals surface area contributed by atoms with Gasteiger partial charge in [0.05, 0.1) is 17.6 Å². The SMILES string of the molecule is NCCCCCNCc1nc2ccccc2[nH]1. The minimum atomic E-state index is 0.795. The molecule has 0 aliphatic carbocycles. The number of benzene rings is 1. The van der Waals surface area contributed by atoms with Crippen LogP contribution in [0.4, 0.5) is 0 Å². The third-order valence-electron chi connectivity index (χ3n) is 2.79. The molecule has 1 aromatic heterocycles. The summed E-state index contributed by atoms with van der Waals surface area (Å²) in [7, 11) is 0. The zero-order valence-corrected chi connectivity index (χ0v) is 10.1. The smallest absolute Gasteiger partial charge is 0.121 e. The van der Waals surface area contributed by atoms with Crippen LogP contribution in [0.15, 0.2) is 24.3 Å². The van der Waals surface area contributed by atoms with Gasteiger partial charge in [-0.3, -0.25) is 0 Å². The van der Waals surface area contributed by atoms with Crippen molar-refractivity contribution in [2.45, 2.75) is 25.8 Å². The highest BCUT2D eigenvalue weighted by Gasteiger charge is 2.00. The molecule has 1 aromatic carbocycles. The average molecular weight is 232 g/mol. The zero-order valence-electron chi connectivity index (χ0n) is 10.1. The molecule has 17 heavy (non-hydrogen) atoms. The van der Waals surface area contributed by atoms with Gasteiger partial charge in [0, 0.05) is 0 Å². The number of fused-ring (bicyclic) bond motifs is 1. The van der Waals surface area contributed by atoms with Crippen molar-refractivity contribution in [1.82, 2.24) is 15.3 Å². The Balaban J connectivity index is 1.75. The van der Waals surface area contributed by atoms with Crippen LogP contribution in [-0.2, 0) is 6.54 Å². The molecule has 4 nitrogen and oxygen atoms in total. The lowest BCUT2D eigenvalue weighted by atomic mass is 10.2. The molecule has 4 N–H and O–H groups in total. The Labute approximate surface area is 102 Å². The number of hydrogen-bond donors (Lipinski definition) is 3. The molecular formula is C13H20N4. The van der Waals surface area contributed by atoms with E-state index >= 15 is 0 Å². The van der Waals surface area contributed by atoms with Crippen LogP contribution in [0.25, 0.3) is 11.0 Å². The largest absolute Gasteiger partial charge is 0.341 e. The summed E-state index contributed by atoms with van der Waals surface area (Å²) in [6.45, 7) is 2.62. The number of aromatic nitrogens is 2. The van der Waals surface area contributed by atoms with Crippen LogP contribution >= 0.6 is 0 Å². The lowest BCUT2D eigenvalue weighted by Crippen LogP contribution is -2.15. The van der Waals surface area contributed by atoms with E-state index in [-0.39, 0.29) is 0 Å². The Morgan fingerprint density at radius 2 is 2.06 bits per heavy atom. The van der Waals surface area contributed by atoms with E-state index in [0.29, 0.717) is 0 Å². The molecule has 0 saturated carbocycles. The van der Waals surface area contributed by atoms with Crippen molar-refractivity contribution in [3.8, 4) is 0 Å². The molecular weight excluding hydrogens is 212 g/mol. The molecule has 0 radical (unpaired) electrons. The summed E-state index contributed by atoms with van der Waals surface area (Å²) in [5.41, 5.74) is 7.58. The molecule has 0 unspecified atom stereocenters. The van der Waals surface area contributed by atoms with E-state index in [0.717, 1.165) is 42.9 Å². The van der Waals surface area contributed by atoms with Gasteiger partial charge in [0.1, 0.15) is 5.82 Å². The number of unbranched alkanes of at least 4 members (excludes halogenated alkanes) is 2. The summed E-state index contributed by atoms with van der Waals surface area (Å²) in [5.74, 6) is 1.00. The molecule has 0 spiro atoms. The molecule has 0 atom stereocenters. The quantitative estimate of drug-likeness (QED) is 0.637. The van der Waals surface area contributed by atoms with Gasteiger partial charge < -0.3 is 16.0 Å². The molecule has 92 valence electrons. The highest BCUT2D eigenvalue weighted by molar-refractivity contribution is 5.74. The number of imidazole rings is 1.